The summed E-state index contributed by atoms with van der Waals surface area (Å²) in [5.41, 5.74) is 5.41. The topological polar surface area (TPSA) is 134 Å². The Morgan fingerprint density at radius 1 is 0.333 bits per heavy atom. The van der Waals surface area contributed by atoms with Crippen molar-refractivity contribution in [2.75, 3.05) is 26.4 Å². The molecule has 0 saturated heterocycles. The Hall–Kier alpha value is -3.59. The molecular formula is C83H146NO8P. The van der Waals surface area contributed by atoms with Gasteiger partial charge in [-0.05, 0) is 109 Å². The number of phosphoric ester groups is 1. The van der Waals surface area contributed by atoms with Crippen molar-refractivity contribution in [1.29, 1.82) is 0 Å². The fraction of sp³-hybridized carbons (Fsp3) is 0.735. The lowest BCUT2D eigenvalue weighted by molar-refractivity contribution is -0.161. The van der Waals surface area contributed by atoms with Crippen molar-refractivity contribution >= 4 is 19.8 Å². The molecule has 536 valence electrons. The number of carbonyl (C=O) groups is 2. The van der Waals surface area contributed by atoms with Crippen molar-refractivity contribution in [3.8, 4) is 0 Å². The molecule has 0 aliphatic rings. The zero-order chi connectivity index (χ0) is 67.2. The molecule has 3 N–H and O–H groups in total. The van der Waals surface area contributed by atoms with Crippen LogP contribution < -0.4 is 5.73 Å². The largest absolute Gasteiger partial charge is 0.472 e. The predicted octanol–water partition coefficient (Wildman–Crippen LogP) is 26.2. The van der Waals surface area contributed by atoms with E-state index in [-0.39, 0.29) is 38.6 Å². The van der Waals surface area contributed by atoms with Gasteiger partial charge in [0.15, 0.2) is 6.10 Å². The third-order valence-electron chi connectivity index (χ3n) is 16.8. The average molecular weight is 1320 g/mol. The Kier molecular flexibility index (Phi) is 74.4. The Bertz CT molecular complexity index is 1950. The molecule has 0 radical (unpaired) electrons. The van der Waals surface area contributed by atoms with E-state index in [2.05, 4.69) is 135 Å². The predicted molar refractivity (Wildman–Crippen MR) is 404 cm³/mol. The van der Waals surface area contributed by atoms with Crippen LogP contribution in [0.1, 0.15) is 361 Å². The number of carbonyl (C=O) groups excluding carboxylic acids is 2. The molecule has 0 saturated carbocycles. The van der Waals surface area contributed by atoms with Crippen LogP contribution in [0, 0.1) is 0 Å². The number of phosphoric acid groups is 1. The number of nitrogens with two attached hydrogens (primary N) is 1. The minimum atomic E-state index is -4.40. The highest BCUT2D eigenvalue weighted by molar-refractivity contribution is 7.47. The first-order chi connectivity index (χ1) is 45.8. The molecule has 0 aromatic rings. The molecule has 0 amide bonds. The lowest BCUT2D eigenvalue weighted by Gasteiger charge is -2.19. The molecule has 93 heavy (non-hydrogen) atoms. The molecule has 0 aromatic carbocycles. The van der Waals surface area contributed by atoms with Crippen LogP contribution >= 0.6 is 7.82 Å². The molecule has 0 heterocycles. The van der Waals surface area contributed by atoms with Crippen molar-refractivity contribution < 1.29 is 37.6 Å². The van der Waals surface area contributed by atoms with Gasteiger partial charge in [-0.2, -0.15) is 0 Å². The van der Waals surface area contributed by atoms with E-state index < -0.39 is 26.5 Å². The summed E-state index contributed by atoms with van der Waals surface area (Å²) in [6, 6.07) is 0. The van der Waals surface area contributed by atoms with Crippen LogP contribution in [0.4, 0.5) is 0 Å². The van der Waals surface area contributed by atoms with Crippen LogP contribution in [0.5, 0.6) is 0 Å². The monoisotopic (exact) mass is 1320 g/mol. The number of ether oxygens (including phenoxy) is 2. The van der Waals surface area contributed by atoms with E-state index in [1.165, 1.54) is 225 Å². The number of hydrogen-bond donors (Lipinski definition) is 2. The molecule has 0 rings (SSSR count). The molecule has 10 heteroatoms. The van der Waals surface area contributed by atoms with E-state index in [9.17, 15) is 19.0 Å². The molecule has 0 aliphatic carbocycles. The molecule has 0 fully saturated rings. The molecule has 2 atom stereocenters. The second-order valence-electron chi connectivity index (χ2n) is 25.8. The van der Waals surface area contributed by atoms with Crippen LogP contribution in [0.2, 0.25) is 0 Å². The second-order valence-corrected chi connectivity index (χ2v) is 27.3. The summed E-state index contributed by atoms with van der Waals surface area (Å²) in [7, 11) is -4.40. The first-order valence-electron chi connectivity index (χ1n) is 39.0. The van der Waals surface area contributed by atoms with Gasteiger partial charge < -0.3 is 20.1 Å². The lowest BCUT2D eigenvalue weighted by Crippen LogP contribution is -2.29. The van der Waals surface area contributed by atoms with Gasteiger partial charge in [0, 0.05) is 19.4 Å². The number of hydrogen-bond acceptors (Lipinski definition) is 8. The summed E-state index contributed by atoms with van der Waals surface area (Å²) < 4.78 is 33.2. The maximum Gasteiger partial charge on any atom is 0.472 e. The van der Waals surface area contributed by atoms with E-state index in [1.54, 1.807) is 0 Å². The van der Waals surface area contributed by atoms with Crippen molar-refractivity contribution in [1.82, 2.24) is 0 Å². The van der Waals surface area contributed by atoms with Crippen LogP contribution in [0.15, 0.2) is 122 Å². The lowest BCUT2D eigenvalue weighted by atomic mass is 10.0. The fourth-order valence-electron chi connectivity index (χ4n) is 11.1. The van der Waals surface area contributed by atoms with Crippen molar-refractivity contribution in [2.24, 2.45) is 5.73 Å². The van der Waals surface area contributed by atoms with E-state index >= 15 is 0 Å². The van der Waals surface area contributed by atoms with Gasteiger partial charge in [-0.25, -0.2) is 4.57 Å². The third-order valence-corrected chi connectivity index (χ3v) is 17.8. The van der Waals surface area contributed by atoms with Gasteiger partial charge in [-0.1, -0.05) is 360 Å². The maximum absolute atomic E-state index is 12.8. The minimum Gasteiger partial charge on any atom is -0.462 e. The Morgan fingerprint density at radius 3 is 0.882 bits per heavy atom. The molecular weight excluding hydrogens is 1170 g/mol. The first kappa shape index (κ1) is 89.4. The number of esters is 2. The SMILES string of the molecule is CC/C=C\C/C=C\C/C=C\C/C=C\C/C=C\C/C=C\C/C=C\C/C=C\CCCCCCCCCCC(=O)OC(COC(=O)CCCCCCCCCCCCCCCCCCCCCCCCCCCCC/C=C\C/C=C\CCCCCCC)COP(=O)(O)OCCN. The molecule has 0 aromatic heterocycles. The van der Waals surface area contributed by atoms with Crippen molar-refractivity contribution in [3.05, 3.63) is 122 Å². The fourth-order valence-corrected chi connectivity index (χ4v) is 11.9. The normalized spacial score (nSPS) is 13.5. The Morgan fingerprint density at radius 2 is 0.591 bits per heavy atom. The van der Waals surface area contributed by atoms with Gasteiger partial charge in [-0.15, -0.1) is 0 Å². The Balaban J connectivity index is 3.84. The van der Waals surface area contributed by atoms with Gasteiger partial charge in [0.2, 0.25) is 0 Å². The standard InChI is InChI=1S/C83H146NO8P/c1-3-5-7-9-11-13-15-17-19-21-23-25-27-29-31-33-35-37-38-39-40-41-42-44-45-47-49-51-53-55-57-59-61-63-65-67-69-71-73-75-82(85)89-79-81(80-91-93(87,88)90-78-77-84)92-83(86)76-74-72-70-68-66-64-62-60-58-56-54-52-50-48-46-43-36-34-32-30-28-26-24-22-20-18-16-14-12-10-8-6-4-2/h6,8,12,14-15,17-18,20-21,23-24,26,30,32,36,43,48,50,54,56,81H,3-5,7,9-11,13,16,19,22,25,27-29,31,33-35,37-42,44-47,49,51-53,55,57-80,84H2,1-2H3,(H,87,88)/b8-6-,14-12-,17-15-,20-18-,23-21-,26-24-,32-30-,43-36-,50-48-,56-54-. The summed E-state index contributed by atoms with van der Waals surface area (Å²) in [5, 5.41) is 0. The number of unbranched alkanes of at least 4 members (excludes halogenated alkanes) is 40. The highest BCUT2D eigenvalue weighted by Crippen LogP contribution is 2.43. The summed E-state index contributed by atoms with van der Waals surface area (Å²) in [5.74, 6) is -0.829. The summed E-state index contributed by atoms with van der Waals surface area (Å²) in [6.07, 6.45) is 109. The van der Waals surface area contributed by atoms with E-state index in [0.29, 0.717) is 6.42 Å². The summed E-state index contributed by atoms with van der Waals surface area (Å²) in [6.45, 7) is 3.64. The van der Waals surface area contributed by atoms with Gasteiger partial charge in [0.25, 0.3) is 0 Å². The zero-order valence-electron chi connectivity index (χ0n) is 60.5. The average Bonchev–Trinajstić information content (AvgIpc) is 3.32. The highest BCUT2D eigenvalue weighted by Gasteiger charge is 2.26. The molecule has 2 unspecified atom stereocenters. The van der Waals surface area contributed by atoms with E-state index in [1.807, 2.05) is 0 Å². The van der Waals surface area contributed by atoms with Gasteiger partial charge in [0.1, 0.15) is 6.61 Å². The van der Waals surface area contributed by atoms with Crippen LogP contribution in [0.3, 0.4) is 0 Å². The second kappa shape index (κ2) is 77.4. The van der Waals surface area contributed by atoms with Crippen LogP contribution in [0.25, 0.3) is 0 Å². The smallest absolute Gasteiger partial charge is 0.462 e. The molecule has 0 aliphatic heterocycles. The quantitative estimate of drug-likeness (QED) is 0.0264. The number of allylic oxidation sites excluding steroid dienone is 20. The van der Waals surface area contributed by atoms with Gasteiger partial charge >= 0.3 is 19.8 Å². The third kappa shape index (κ3) is 77.3. The first-order valence-corrected chi connectivity index (χ1v) is 40.5. The molecule has 9 nitrogen and oxygen atoms in total. The highest BCUT2D eigenvalue weighted by atomic mass is 31.2. The van der Waals surface area contributed by atoms with Crippen LogP contribution in [-0.2, 0) is 32.7 Å². The molecule has 0 spiro atoms. The summed E-state index contributed by atoms with van der Waals surface area (Å²) >= 11 is 0. The van der Waals surface area contributed by atoms with E-state index in [0.717, 1.165) is 103 Å². The van der Waals surface area contributed by atoms with Crippen LogP contribution in [-0.4, -0.2) is 49.3 Å². The summed E-state index contributed by atoms with van der Waals surface area (Å²) in [4.78, 5) is 35.4. The number of rotatable bonds is 73. The Labute approximate surface area is 574 Å². The van der Waals surface area contributed by atoms with Crippen molar-refractivity contribution in [3.63, 3.8) is 0 Å². The zero-order valence-corrected chi connectivity index (χ0v) is 61.4. The van der Waals surface area contributed by atoms with E-state index in [4.69, 9.17) is 24.3 Å². The van der Waals surface area contributed by atoms with Gasteiger partial charge in [0.05, 0.1) is 13.2 Å². The maximum atomic E-state index is 12.8. The molecule has 0 bridgehead atoms. The van der Waals surface area contributed by atoms with Gasteiger partial charge in [-0.3, -0.25) is 18.6 Å². The minimum absolute atomic E-state index is 0.0481. The van der Waals surface area contributed by atoms with Crippen molar-refractivity contribution in [2.45, 2.75) is 367 Å².